The van der Waals surface area contributed by atoms with Crippen molar-refractivity contribution in [3.8, 4) is 28.7 Å². The van der Waals surface area contributed by atoms with E-state index < -0.39 is 6.29 Å². The van der Waals surface area contributed by atoms with E-state index in [1.165, 1.54) is 11.1 Å². The Kier molecular flexibility index (Phi) is 8.10. The third kappa shape index (κ3) is 5.92. The summed E-state index contributed by atoms with van der Waals surface area (Å²) < 4.78 is 29.4. The molecule has 5 nitrogen and oxygen atoms in total. The zero-order valence-corrected chi connectivity index (χ0v) is 20.5. The second-order valence-electron chi connectivity index (χ2n) is 8.46. The van der Waals surface area contributed by atoms with Gasteiger partial charge in [-0.2, -0.15) is 0 Å². The number of hydrogen-bond donors (Lipinski definition) is 0. The summed E-state index contributed by atoms with van der Waals surface area (Å²) in [7, 11) is 4.80. The molecule has 0 N–H and O–H groups in total. The molecule has 0 aromatic heterocycles. The third-order valence-corrected chi connectivity index (χ3v) is 5.57. The number of ether oxygens (including phenoxy) is 5. The SMILES string of the molecule is COc1cc(OC)c(C(Oc2ccc(C(C)C)cc2)Oc2ccc(C(C)C)cc2)c(OC)c1. The van der Waals surface area contributed by atoms with Crippen molar-refractivity contribution in [2.45, 2.75) is 45.8 Å². The van der Waals surface area contributed by atoms with Gasteiger partial charge in [-0.05, 0) is 47.2 Å². The van der Waals surface area contributed by atoms with Crippen molar-refractivity contribution < 1.29 is 23.7 Å². The third-order valence-electron chi connectivity index (χ3n) is 5.57. The van der Waals surface area contributed by atoms with E-state index in [2.05, 4.69) is 52.0 Å². The number of methoxy groups -OCH3 is 3. The zero-order valence-electron chi connectivity index (χ0n) is 20.5. The fourth-order valence-electron chi connectivity index (χ4n) is 3.52. The van der Waals surface area contributed by atoms with Gasteiger partial charge in [0.25, 0.3) is 6.29 Å². The minimum atomic E-state index is -0.810. The summed E-state index contributed by atoms with van der Waals surface area (Å²) in [6.07, 6.45) is -0.810. The fourth-order valence-corrected chi connectivity index (χ4v) is 3.52. The first-order valence-electron chi connectivity index (χ1n) is 11.2. The van der Waals surface area contributed by atoms with E-state index in [4.69, 9.17) is 23.7 Å². The van der Waals surface area contributed by atoms with E-state index in [0.29, 0.717) is 46.1 Å². The highest BCUT2D eigenvalue weighted by atomic mass is 16.7. The normalized spacial score (nSPS) is 11.1. The van der Waals surface area contributed by atoms with Crippen LogP contribution in [0, 0.1) is 0 Å². The molecule has 0 saturated heterocycles. The van der Waals surface area contributed by atoms with Gasteiger partial charge in [0.05, 0.1) is 21.3 Å². The molecule has 0 amide bonds. The summed E-state index contributed by atoms with van der Waals surface area (Å²) in [6, 6.07) is 19.7. The van der Waals surface area contributed by atoms with Crippen LogP contribution in [-0.4, -0.2) is 21.3 Å². The molecule has 176 valence electrons. The second kappa shape index (κ2) is 11.0. The molecule has 0 aliphatic rings. The summed E-state index contributed by atoms with van der Waals surface area (Å²) in [4.78, 5) is 0. The largest absolute Gasteiger partial charge is 0.496 e. The van der Waals surface area contributed by atoms with Crippen molar-refractivity contribution in [2.75, 3.05) is 21.3 Å². The molecule has 3 aromatic carbocycles. The Balaban J connectivity index is 2.03. The van der Waals surface area contributed by atoms with Crippen molar-refractivity contribution in [3.63, 3.8) is 0 Å². The first-order valence-corrected chi connectivity index (χ1v) is 11.2. The molecule has 0 aliphatic carbocycles. The minimum Gasteiger partial charge on any atom is -0.496 e. The van der Waals surface area contributed by atoms with Crippen molar-refractivity contribution in [2.24, 2.45) is 0 Å². The van der Waals surface area contributed by atoms with E-state index in [0.717, 1.165) is 0 Å². The Morgan fingerprint density at radius 2 is 0.909 bits per heavy atom. The highest BCUT2D eigenvalue weighted by Crippen LogP contribution is 2.41. The van der Waals surface area contributed by atoms with Crippen LogP contribution in [-0.2, 0) is 0 Å². The van der Waals surface area contributed by atoms with Crippen molar-refractivity contribution in [1.82, 2.24) is 0 Å². The molecule has 0 heterocycles. The monoisotopic (exact) mass is 450 g/mol. The van der Waals surface area contributed by atoms with Gasteiger partial charge < -0.3 is 23.7 Å². The predicted molar refractivity (Wildman–Crippen MR) is 131 cm³/mol. The highest BCUT2D eigenvalue weighted by Gasteiger charge is 2.26. The van der Waals surface area contributed by atoms with E-state index in [1.807, 2.05) is 24.3 Å². The molecule has 0 atom stereocenters. The maximum atomic E-state index is 6.35. The van der Waals surface area contributed by atoms with Crippen molar-refractivity contribution >= 4 is 0 Å². The van der Waals surface area contributed by atoms with Gasteiger partial charge in [0, 0.05) is 12.1 Å². The summed E-state index contributed by atoms with van der Waals surface area (Å²) in [5.41, 5.74) is 3.12. The predicted octanol–water partition coefficient (Wildman–Crippen LogP) is 7.12. The maximum Gasteiger partial charge on any atom is 0.274 e. The lowest BCUT2D eigenvalue weighted by Gasteiger charge is -2.25. The van der Waals surface area contributed by atoms with E-state index in [-0.39, 0.29) is 0 Å². The average Bonchev–Trinajstić information content (AvgIpc) is 2.83. The van der Waals surface area contributed by atoms with Gasteiger partial charge in [0.15, 0.2) is 0 Å². The topological polar surface area (TPSA) is 46.2 Å². The van der Waals surface area contributed by atoms with Crippen LogP contribution in [0.4, 0.5) is 0 Å². The summed E-state index contributed by atoms with van der Waals surface area (Å²) in [5, 5.41) is 0. The molecule has 0 saturated carbocycles. The van der Waals surface area contributed by atoms with Crippen LogP contribution in [0.2, 0.25) is 0 Å². The van der Waals surface area contributed by atoms with Gasteiger partial charge >= 0.3 is 0 Å². The molecular weight excluding hydrogens is 416 g/mol. The van der Waals surface area contributed by atoms with Crippen LogP contribution in [0.5, 0.6) is 28.7 Å². The molecule has 5 heteroatoms. The lowest BCUT2D eigenvalue weighted by Crippen LogP contribution is -2.17. The van der Waals surface area contributed by atoms with Crippen molar-refractivity contribution in [3.05, 3.63) is 77.4 Å². The standard InChI is InChI=1S/C28H34O5/c1-18(2)20-8-12-22(13-9-20)32-28(33-23-14-10-21(11-15-23)19(3)4)27-25(30-6)16-24(29-5)17-26(27)31-7/h8-19,28H,1-7H3. The molecule has 3 aromatic rings. The minimum absolute atomic E-state index is 0.437. The lowest BCUT2D eigenvalue weighted by molar-refractivity contribution is 0.000254. The molecular formula is C28H34O5. The lowest BCUT2D eigenvalue weighted by atomic mass is 10.0. The van der Waals surface area contributed by atoms with Crippen LogP contribution in [0.3, 0.4) is 0 Å². The Bertz CT molecular complexity index is 945. The smallest absolute Gasteiger partial charge is 0.274 e. The molecule has 0 aliphatic heterocycles. The van der Waals surface area contributed by atoms with Crippen molar-refractivity contribution in [1.29, 1.82) is 0 Å². The molecule has 0 spiro atoms. The number of rotatable bonds is 10. The first kappa shape index (κ1) is 24.3. The van der Waals surface area contributed by atoms with Gasteiger partial charge in [-0.1, -0.05) is 52.0 Å². The molecule has 3 rings (SSSR count). The van der Waals surface area contributed by atoms with Crippen LogP contribution in [0.25, 0.3) is 0 Å². The van der Waals surface area contributed by atoms with E-state index >= 15 is 0 Å². The Labute approximate surface area is 197 Å². The van der Waals surface area contributed by atoms with Gasteiger partial charge in [-0.3, -0.25) is 0 Å². The zero-order chi connectivity index (χ0) is 24.0. The van der Waals surface area contributed by atoms with E-state index in [1.54, 1.807) is 33.5 Å². The highest BCUT2D eigenvalue weighted by molar-refractivity contribution is 5.52. The molecule has 0 bridgehead atoms. The van der Waals surface area contributed by atoms with Gasteiger partial charge in [-0.25, -0.2) is 0 Å². The van der Waals surface area contributed by atoms with E-state index in [9.17, 15) is 0 Å². The summed E-state index contributed by atoms with van der Waals surface area (Å²) in [5.74, 6) is 3.96. The number of hydrogen-bond acceptors (Lipinski definition) is 5. The fraction of sp³-hybridized carbons (Fsp3) is 0.357. The molecule has 33 heavy (non-hydrogen) atoms. The summed E-state index contributed by atoms with van der Waals surface area (Å²) in [6.45, 7) is 8.65. The van der Waals surface area contributed by atoms with Gasteiger partial charge in [0.2, 0.25) is 0 Å². The van der Waals surface area contributed by atoms with Crippen LogP contribution in [0.15, 0.2) is 60.7 Å². The first-order chi connectivity index (χ1) is 15.9. The summed E-state index contributed by atoms with van der Waals surface area (Å²) >= 11 is 0. The average molecular weight is 451 g/mol. The number of benzene rings is 3. The van der Waals surface area contributed by atoms with Gasteiger partial charge in [0.1, 0.15) is 34.3 Å². The molecule has 0 radical (unpaired) electrons. The van der Waals surface area contributed by atoms with Gasteiger partial charge in [-0.15, -0.1) is 0 Å². The van der Waals surface area contributed by atoms with Crippen LogP contribution in [0.1, 0.15) is 62.5 Å². The molecule has 0 unspecified atom stereocenters. The Morgan fingerprint density at radius 3 is 1.21 bits per heavy atom. The Morgan fingerprint density at radius 1 is 0.515 bits per heavy atom. The van der Waals surface area contributed by atoms with Crippen LogP contribution >= 0.6 is 0 Å². The second-order valence-corrected chi connectivity index (χ2v) is 8.46. The molecule has 0 fully saturated rings. The maximum absolute atomic E-state index is 6.35. The van der Waals surface area contributed by atoms with Crippen LogP contribution < -0.4 is 23.7 Å². The quantitative estimate of drug-likeness (QED) is 0.308. The Hall–Kier alpha value is -3.34.